The van der Waals surface area contributed by atoms with Crippen molar-refractivity contribution < 1.29 is 38.2 Å². The van der Waals surface area contributed by atoms with Gasteiger partial charge in [-0.05, 0) is 73.2 Å². The third kappa shape index (κ3) is 5.51. The summed E-state index contributed by atoms with van der Waals surface area (Å²) >= 11 is 0. The Bertz CT molecular complexity index is 1770. The molecule has 0 fully saturated rings. The van der Waals surface area contributed by atoms with Gasteiger partial charge in [-0.2, -0.15) is 25.3 Å². The molecule has 0 aliphatic rings. The molecule has 12 heteroatoms. The molecule has 0 saturated heterocycles. The molecule has 4 rings (SSSR count). The van der Waals surface area contributed by atoms with E-state index in [0.717, 1.165) is 29.3 Å². The summed E-state index contributed by atoms with van der Waals surface area (Å²) in [5, 5.41) is 0.455. The summed E-state index contributed by atoms with van der Waals surface area (Å²) in [6, 6.07) is 17.4. The minimum atomic E-state index is -4.55. The first-order chi connectivity index (χ1) is 16.7. The highest BCUT2D eigenvalue weighted by atomic mass is 32.2. The van der Waals surface area contributed by atoms with E-state index in [9.17, 15) is 29.8 Å². The van der Waals surface area contributed by atoms with Gasteiger partial charge in [-0.15, -0.1) is 0 Å². The lowest BCUT2D eigenvalue weighted by Gasteiger charge is -2.14. The summed E-state index contributed by atoms with van der Waals surface area (Å²) in [7, 11) is -13.4. The molecule has 0 amide bonds. The van der Waals surface area contributed by atoms with Crippen LogP contribution < -0.4 is 8.37 Å². The second kappa shape index (κ2) is 9.21. The quantitative estimate of drug-likeness (QED) is 0.265. The van der Waals surface area contributed by atoms with Gasteiger partial charge in [-0.3, -0.25) is 4.55 Å². The summed E-state index contributed by atoms with van der Waals surface area (Å²) in [5.41, 5.74) is 1.63. The van der Waals surface area contributed by atoms with E-state index < -0.39 is 46.7 Å². The maximum absolute atomic E-state index is 12.9. The number of aryl methyl sites for hydroxylation is 2. The van der Waals surface area contributed by atoms with Crippen LogP contribution in [-0.4, -0.2) is 29.8 Å². The molecule has 0 heterocycles. The highest BCUT2D eigenvalue weighted by Crippen LogP contribution is 2.37. The lowest BCUT2D eigenvalue weighted by molar-refractivity contribution is 0.450. The molecule has 4 aromatic carbocycles. The smallest absolute Gasteiger partial charge is 0.339 e. The Hall–Kier alpha value is -3.45. The Labute approximate surface area is 208 Å². The van der Waals surface area contributed by atoms with E-state index in [4.69, 9.17) is 8.37 Å². The zero-order chi connectivity index (χ0) is 26.3. The largest absolute Gasteiger partial charge is 0.375 e. The molecule has 0 saturated carbocycles. The van der Waals surface area contributed by atoms with Gasteiger partial charge in [0.25, 0.3) is 10.1 Å². The van der Waals surface area contributed by atoms with E-state index in [1.54, 1.807) is 38.1 Å². The molecular weight excluding hydrogens is 528 g/mol. The number of fused-ring (bicyclic) bond motifs is 1. The van der Waals surface area contributed by atoms with Crippen LogP contribution >= 0.6 is 0 Å². The minimum Gasteiger partial charge on any atom is -0.375 e. The van der Waals surface area contributed by atoms with Gasteiger partial charge < -0.3 is 8.37 Å². The van der Waals surface area contributed by atoms with Crippen LogP contribution in [0.3, 0.4) is 0 Å². The van der Waals surface area contributed by atoms with Gasteiger partial charge in [0.05, 0.1) is 4.90 Å². The van der Waals surface area contributed by atoms with Crippen LogP contribution in [0.25, 0.3) is 10.8 Å². The molecule has 0 unspecified atom stereocenters. The standard InChI is InChI=1S/C24H20O9S3/c1-16-3-8-20(9-4-16)35(28,29)32-23-14-18-7-12-22(34(25,26)27)13-19(18)15-24(23)33-36(30,31)21-10-5-17(2)6-11-21/h3-15H,1-2H3,(H,25,26,27). The van der Waals surface area contributed by atoms with Crippen LogP contribution in [0.2, 0.25) is 0 Å². The number of hydrogen-bond acceptors (Lipinski definition) is 8. The molecule has 0 spiro atoms. The Morgan fingerprint density at radius 2 is 0.917 bits per heavy atom. The molecule has 4 aromatic rings. The van der Waals surface area contributed by atoms with Gasteiger partial charge in [0.1, 0.15) is 9.79 Å². The lowest BCUT2D eigenvalue weighted by Crippen LogP contribution is -2.14. The monoisotopic (exact) mass is 548 g/mol. The average molecular weight is 549 g/mol. The summed E-state index contributed by atoms with van der Waals surface area (Å²) in [4.78, 5) is -0.794. The van der Waals surface area contributed by atoms with Crippen molar-refractivity contribution in [3.63, 3.8) is 0 Å². The number of benzene rings is 4. The molecule has 36 heavy (non-hydrogen) atoms. The van der Waals surface area contributed by atoms with Gasteiger partial charge in [0.2, 0.25) is 0 Å². The predicted molar refractivity (Wildman–Crippen MR) is 132 cm³/mol. The van der Waals surface area contributed by atoms with Gasteiger partial charge in [-0.1, -0.05) is 41.5 Å². The fourth-order valence-electron chi connectivity index (χ4n) is 3.27. The second-order valence-electron chi connectivity index (χ2n) is 7.98. The van der Waals surface area contributed by atoms with Crippen molar-refractivity contribution in [2.45, 2.75) is 28.5 Å². The maximum Gasteiger partial charge on any atom is 0.339 e. The van der Waals surface area contributed by atoms with E-state index >= 15 is 0 Å². The Balaban J connectivity index is 1.86. The molecule has 0 radical (unpaired) electrons. The van der Waals surface area contributed by atoms with E-state index in [0.29, 0.717) is 5.39 Å². The fourth-order valence-corrected chi connectivity index (χ4v) is 5.65. The van der Waals surface area contributed by atoms with Gasteiger partial charge in [0.15, 0.2) is 11.5 Å². The highest BCUT2D eigenvalue weighted by Gasteiger charge is 2.25. The van der Waals surface area contributed by atoms with Crippen LogP contribution in [0.15, 0.2) is 93.5 Å². The highest BCUT2D eigenvalue weighted by molar-refractivity contribution is 7.87. The Morgan fingerprint density at radius 1 is 0.528 bits per heavy atom. The fraction of sp³-hybridized carbons (Fsp3) is 0.0833. The zero-order valence-electron chi connectivity index (χ0n) is 18.9. The van der Waals surface area contributed by atoms with E-state index in [2.05, 4.69) is 0 Å². The third-order valence-electron chi connectivity index (χ3n) is 5.19. The molecule has 9 nitrogen and oxygen atoms in total. The van der Waals surface area contributed by atoms with Gasteiger partial charge in [0, 0.05) is 0 Å². The van der Waals surface area contributed by atoms with Crippen molar-refractivity contribution in [1.29, 1.82) is 0 Å². The van der Waals surface area contributed by atoms with Gasteiger partial charge in [-0.25, -0.2) is 0 Å². The average Bonchev–Trinajstić information content (AvgIpc) is 2.78. The summed E-state index contributed by atoms with van der Waals surface area (Å²) < 4.78 is 94.8. The zero-order valence-corrected chi connectivity index (χ0v) is 21.4. The lowest BCUT2D eigenvalue weighted by atomic mass is 10.1. The van der Waals surface area contributed by atoms with Crippen molar-refractivity contribution in [2.24, 2.45) is 0 Å². The van der Waals surface area contributed by atoms with Crippen molar-refractivity contribution in [2.75, 3.05) is 0 Å². The topological polar surface area (TPSA) is 141 Å². The molecule has 0 aliphatic heterocycles. The molecule has 0 bridgehead atoms. The van der Waals surface area contributed by atoms with Crippen molar-refractivity contribution in [3.05, 3.63) is 90.0 Å². The van der Waals surface area contributed by atoms with Crippen LogP contribution in [0.1, 0.15) is 11.1 Å². The van der Waals surface area contributed by atoms with E-state index in [1.165, 1.54) is 36.4 Å². The van der Waals surface area contributed by atoms with E-state index in [-0.39, 0.29) is 15.2 Å². The summed E-state index contributed by atoms with van der Waals surface area (Å²) in [5.74, 6) is -0.926. The SMILES string of the molecule is Cc1ccc(S(=O)(=O)Oc2cc3ccc(S(=O)(=O)O)cc3cc2OS(=O)(=O)c2ccc(C)cc2)cc1. The first kappa shape index (κ1) is 25.6. The molecule has 0 aromatic heterocycles. The van der Waals surface area contributed by atoms with Crippen LogP contribution in [0, 0.1) is 13.8 Å². The minimum absolute atomic E-state index is 0.152. The summed E-state index contributed by atoms with van der Waals surface area (Å²) in [6.07, 6.45) is 0. The molecule has 0 aliphatic carbocycles. The second-order valence-corrected chi connectivity index (χ2v) is 12.5. The van der Waals surface area contributed by atoms with E-state index in [1.807, 2.05) is 0 Å². The van der Waals surface area contributed by atoms with Crippen LogP contribution in [-0.2, 0) is 30.4 Å². The van der Waals surface area contributed by atoms with Crippen LogP contribution in [0.4, 0.5) is 0 Å². The van der Waals surface area contributed by atoms with Gasteiger partial charge >= 0.3 is 20.2 Å². The summed E-state index contributed by atoms with van der Waals surface area (Å²) in [6.45, 7) is 3.55. The van der Waals surface area contributed by atoms with Crippen LogP contribution in [0.5, 0.6) is 11.5 Å². The van der Waals surface area contributed by atoms with Crippen molar-refractivity contribution >= 4 is 41.1 Å². The molecule has 188 valence electrons. The number of hydrogen-bond donors (Lipinski definition) is 1. The molecular formula is C24H20O9S3. The Morgan fingerprint density at radius 3 is 1.33 bits per heavy atom. The first-order valence-electron chi connectivity index (χ1n) is 10.3. The third-order valence-corrected chi connectivity index (χ3v) is 8.54. The van der Waals surface area contributed by atoms with Crippen molar-refractivity contribution in [1.82, 2.24) is 0 Å². The predicted octanol–water partition coefficient (Wildman–Crippen LogP) is 4.24. The Kier molecular flexibility index (Phi) is 6.56. The normalized spacial score (nSPS) is 12.4. The van der Waals surface area contributed by atoms with Crippen molar-refractivity contribution in [3.8, 4) is 11.5 Å². The first-order valence-corrected chi connectivity index (χ1v) is 14.6. The maximum atomic E-state index is 12.9. The number of rotatable bonds is 7. The molecule has 1 N–H and O–H groups in total. The molecule has 0 atom stereocenters.